The van der Waals surface area contributed by atoms with E-state index in [4.69, 9.17) is 28.8 Å². The molecule has 0 bridgehead atoms. The summed E-state index contributed by atoms with van der Waals surface area (Å²) < 4.78 is 4.56. The highest BCUT2D eigenvalue weighted by molar-refractivity contribution is 7.98. The molecule has 0 unspecified atom stereocenters. The highest BCUT2D eigenvalue weighted by Crippen LogP contribution is 2.29. The first-order chi connectivity index (χ1) is 15.6. The standard InChI is InChI=1S/C23H15ClN4OS3/c24-16-6-8-18(9-7-16)27-20-19(32-23(27)30)21(29)28(17-4-2-1-3-5-17)22(26-20)31-14-15-10-12-25-13-11-15/h1-13H,14H2. The van der Waals surface area contributed by atoms with E-state index in [0.29, 0.717) is 30.2 Å². The second kappa shape index (κ2) is 8.99. The van der Waals surface area contributed by atoms with E-state index in [9.17, 15) is 4.79 Å². The average Bonchev–Trinajstić information content (AvgIpc) is 3.16. The Morgan fingerprint density at radius 3 is 2.34 bits per heavy atom. The van der Waals surface area contributed by atoms with E-state index in [1.54, 1.807) is 29.1 Å². The van der Waals surface area contributed by atoms with Crippen LogP contribution in [0.1, 0.15) is 5.56 Å². The van der Waals surface area contributed by atoms with E-state index in [1.165, 1.54) is 23.1 Å². The zero-order valence-electron chi connectivity index (χ0n) is 16.5. The maximum atomic E-state index is 13.6. The largest absolute Gasteiger partial charge is 0.278 e. The van der Waals surface area contributed by atoms with Crippen LogP contribution in [0.25, 0.3) is 21.7 Å². The molecule has 0 aliphatic carbocycles. The summed E-state index contributed by atoms with van der Waals surface area (Å²) in [5.74, 6) is 0.652. The molecule has 5 aromatic rings. The SMILES string of the molecule is O=c1c2sc(=S)n(-c3ccc(Cl)cc3)c2nc(SCc2ccncc2)n1-c1ccccc1. The molecule has 0 atom stereocenters. The van der Waals surface area contributed by atoms with Gasteiger partial charge in [-0.3, -0.25) is 18.9 Å². The normalized spacial score (nSPS) is 11.2. The van der Waals surface area contributed by atoms with Crippen LogP contribution in [-0.4, -0.2) is 19.1 Å². The minimum Gasteiger partial charge on any atom is -0.275 e. The molecule has 0 aliphatic rings. The molecule has 0 amide bonds. The number of thioether (sulfide) groups is 1. The minimum absolute atomic E-state index is 0.137. The van der Waals surface area contributed by atoms with Crippen LogP contribution >= 0.6 is 46.9 Å². The highest BCUT2D eigenvalue weighted by Gasteiger charge is 2.19. The first-order valence-corrected chi connectivity index (χ1v) is 12.2. The Morgan fingerprint density at radius 2 is 1.62 bits per heavy atom. The van der Waals surface area contributed by atoms with Crippen molar-refractivity contribution >= 4 is 57.3 Å². The van der Waals surface area contributed by atoms with Crippen molar-refractivity contribution in [2.75, 3.05) is 0 Å². The van der Waals surface area contributed by atoms with Crippen molar-refractivity contribution in [3.05, 3.63) is 104 Å². The van der Waals surface area contributed by atoms with Crippen LogP contribution in [0.15, 0.2) is 89.1 Å². The Balaban J connectivity index is 1.73. The first-order valence-electron chi connectivity index (χ1n) is 9.63. The van der Waals surface area contributed by atoms with Gasteiger partial charge in [-0.25, -0.2) is 4.98 Å². The molecular formula is C23H15ClN4OS3. The quantitative estimate of drug-likeness (QED) is 0.163. The summed E-state index contributed by atoms with van der Waals surface area (Å²) in [5.41, 5.74) is 3.10. The van der Waals surface area contributed by atoms with Crippen molar-refractivity contribution in [3.8, 4) is 11.4 Å². The van der Waals surface area contributed by atoms with Gasteiger partial charge in [0.25, 0.3) is 5.56 Å². The number of benzene rings is 2. The van der Waals surface area contributed by atoms with E-state index in [0.717, 1.165) is 16.9 Å². The molecule has 3 heterocycles. The van der Waals surface area contributed by atoms with Crippen LogP contribution in [0.4, 0.5) is 0 Å². The molecule has 9 heteroatoms. The molecule has 5 nitrogen and oxygen atoms in total. The fraction of sp³-hybridized carbons (Fsp3) is 0.0435. The molecule has 0 saturated carbocycles. The Morgan fingerprint density at radius 1 is 0.938 bits per heavy atom. The molecule has 158 valence electrons. The summed E-state index contributed by atoms with van der Waals surface area (Å²) in [6.07, 6.45) is 3.52. The van der Waals surface area contributed by atoms with Gasteiger partial charge in [0.15, 0.2) is 14.8 Å². The van der Waals surface area contributed by atoms with Crippen LogP contribution in [-0.2, 0) is 5.75 Å². The first kappa shape index (κ1) is 21.1. The fourth-order valence-corrected chi connectivity index (χ4v) is 5.67. The van der Waals surface area contributed by atoms with Crippen molar-refractivity contribution < 1.29 is 0 Å². The lowest BCUT2D eigenvalue weighted by molar-refractivity contribution is 0.812. The van der Waals surface area contributed by atoms with Crippen molar-refractivity contribution in [1.29, 1.82) is 0 Å². The number of rotatable bonds is 5. The Kier molecular flexibility index (Phi) is 5.93. The van der Waals surface area contributed by atoms with Gasteiger partial charge in [0.2, 0.25) is 0 Å². The van der Waals surface area contributed by atoms with E-state index >= 15 is 0 Å². The summed E-state index contributed by atoms with van der Waals surface area (Å²) in [7, 11) is 0. The maximum Gasteiger partial charge on any atom is 0.278 e. The number of thiazole rings is 1. The number of aromatic nitrogens is 4. The fourth-order valence-electron chi connectivity index (χ4n) is 3.28. The number of pyridine rings is 1. The van der Waals surface area contributed by atoms with Crippen LogP contribution < -0.4 is 5.56 Å². The summed E-state index contributed by atoms with van der Waals surface area (Å²) in [6, 6.07) is 20.8. The second-order valence-corrected chi connectivity index (χ2v) is 9.87. The number of halogens is 1. The van der Waals surface area contributed by atoms with Gasteiger partial charge in [-0.05, 0) is 66.3 Å². The van der Waals surface area contributed by atoms with Crippen LogP contribution in [0.5, 0.6) is 0 Å². The number of nitrogens with zero attached hydrogens (tertiary/aromatic N) is 4. The molecule has 0 saturated heterocycles. The van der Waals surface area contributed by atoms with E-state index in [2.05, 4.69) is 4.98 Å². The maximum absolute atomic E-state index is 13.6. The number of hydrogen-bond donors (Lipinski definition) is 0. The van der Waals surface area contributed by atoms with E-state index in [1.807, 2.05) is 59.2 Å². The molecule has 0 spiro atoms. The predicted molar refractivity (Wildman–Crippen MR) is 134 cm³/mol. The van der Waals surface area contributed by atoms with Crippen molar-refractivity contribution in [2.45, 2.75) is 10.9 Å². The topological polar surface area (TPSA) is 52.7 Å². The van der Waals surface area contributed by atoms with Crippen molar-refractivity contribution in [3.63, 3.8) is 0 Å². The zero-order chi connectivity index (χ0) is 22.1. The smallest absolute Gasteiger partial charge is 0.275 e. The molecule has 0 fully saturated rings. The number of hydrogen-bond acceptors (Lipinski definition) is 6. The Bertz CT molecular complexity index is 1510. The van der Waals surface area contributed by atoms with Gasteiger partial charge in [-0.15, -0.1) is 0 Å². The third kappa shape index (κ3) is 4.02. The molecule has 32 heavy (non-hydrogen) atoms. The van der Waals surface area contributed by atoms with Gasteiger partial charge in [0, 0.05) is 28.9 Å². The van der Waals surface area contributed by atoms with Gasteiger partial charge in [0.05, 0.1) is 5.69 Å². The van der Waals surface area contributed by atoms with Crippen LogP contribution in [0.2, 0.25) is 5.02 Å². The van der Waals surface area contributed by atoms with Gasteiger partial charge in [-0.1, -0.05) is 52.9 Å². The lowest BCUT2D eigenvalue weighted by atomic mass is 10.3. The molecule has 0 radical (unpaired) electrons. The molecule has 0 aliphatic heterocycles. The van der Waals surface area contributed by atoms with Gasteiger partial charge in [0.1, 0.15) is 4.70 Å². The third-order valence-electron chi connectivity index (χ3n) is 4.79. The Labute approximate surface area is 202 Å². The monoisotopic (exact) mass is 494 g/mol. The van der Waals surface area contributed by atoms with Gasteiger partial charge < -0.3 is 0 Å². The second-order valence-electron chi connectivity index (χ2n) is 6.85. The highest BCUT2D eigenvalue weighted by atomic mass is 35.5. The average molecular weight is 495 g/mol. The summed E-state index contributed by atoms with van der Waals surface area (Å²) >= 11 is 14.4. The summed E-state index contributed by atoms with van der Waals surface area (Å²) in [6.45, 7) is 0. The van der Waals surface area contributed by atoms with Crippen molar-refractivity contribution in [1.82, 2.24) is 19.1 Å². The molecule has 0 N–H and O–H groups in total. The molecular weight excluding hydrogens is 480 g/mol. The molecule has 3 aromatic heterocycles. The summed E-state index contributed by atoms with van der Waals surface area (Å²) in [5, 5.41) is 1.23. The minimum atomic E-state index is -0.137. The lowest BCUT2D eigenvalue weighted by Gasteiger charge is -2.13. The van der Waals surface area contributed by atoms with Gasteiger partial charge in [-0.2, -0.15) is 0 Å². The zero-order valence-corrected chi connectivity index (χ0v) is 19.7. The number of fused-ring (bicyclic) bond motifs is 1. The van der Waals surface area contributed by atoms with Crippen molar-refractivity contribution in [2.24, 2.45) is 0 Å². The number of para-hydroxylation sites is 1. The lowest BCUT2D eigenvalue weighted by Crippen LogP contribution is -2.21. The van der Waals surface area contributed by atoms with Crippen LogP contribution in [0.3, 0.4) is 0 Å². The Hall–Kier alpha value is -2.78. The predicted octanol–water partition coefficient (Wildman–Crippen LogP) is 6.31. The molecule has 2 aromatic carbocycles. The van der Waals surface area contributed by atoms with Gasteiger partial charge >= 0.3 is 0 Å². The van der Waals surface area contributed by atoms with E-state index in [-0.39, 0.29) is 5.56 Å². The van der Waals surface area contributed by atoms with Crippen LogP contribution in [0, 0.1) is 3.95 Å². The third-order valence-corrected chi connectivity index (χ3v) is 7.41. The summed E-state index contributed by atoms with van der Waals surface area (Å²) in [4.78, 5) is 22.6. The van der Waals surface area contributed by atoms with E-state index < -0.39 is 0 Å². The molecule has 5 rings (SSSR count).